The molecule has 0 aromatic rings. The minimum atomic E-state index is -1.59. The summed E-state index contributed by atoms with van der Waals surface area (Å²) >= 11 is 0. The van der Waals surface area contributed by atoms with Crippen molar-refractivity contribution in [2.45, 2.75) is 112 Å². The predicted molar refractivity (Wildman–Crippen MR) is 129 cm³/mol. The highest BCUT2D eigenvalue weighted by atomic mass is 16.7. The molecule has 0 amide bonds. The van der Waals surface area contributed by atoms with E-state index in [1.54, 1.807) is 0 Å². The molecule has 36 heavy (non-hydrogen) atoms. The number of aliphatic hydroxyl groups is 1. The fourth-order valence-corrected chi connectivity index (χ4v) is 3.54. The molecule has 1 fully saturated rings. The van der Waals surface area contributed by atoms with Crippen LogP contribution in [0.1, 0.15) is 81.1 Å². The second kappa shape index (κ2) is 15.1. The molecule has 0 aromatic heterocycles. The maximum atomic E-state index is 12.5. The lowest BCUT2D eigenvalue weighted by atomic mass is 9.98. The molecule has 0 saturated carbocycles. The fraction of sp³-hybridized carbons (Fsp3) is 0.846. The summed E-state index contributed by atoms with van der Waals surface area (Å²) in [5, 5.41) is 11.2. The molecule has 10 heteroatoms. The van der Waals surface area contributed by atoms with Gasteiger partial charge in [0.1, 0.15) is 18.8 Å². The standard InChI is InChI=1S/C26H44O10/c1-14(2)9-19(27)32-13-18-24(34-20(28)10-15(3)4)23(31)25(35-21(29)11-16(5)6)26(33-18)36-22(30)12-17(7)8/h14-18,23-26,31H,9-13H2,1-8H3/t18-,23+,24-,25-,26+/m1/s1. The smallest absolute Gasteiger partial charge is 0.308 e. The molecule has 1 rings (SSSR count). The zero-order valence-electron chi connectivity index (χ0n) is 22.9. The Labute approximate surface area is 214 Å². The van der Waals surface area contributed by atoms with Gasteiger partial charge in [-0.3, -0.25) is 19.2 Å². The van der Waals surface area contributed by atoms with E-state index < -0.39 is 54.6 Å². The molecule has 1 N–H and O–H groups in total. The Morgan fingerprint density at radius 3 is 1.47 bits per heavy atom. The Morgan fingerprint density at radius 1 is 0.639 bits per heavy atom. The van der Waals surface area contributed by atoms with Crippen LogP contribution in [0.2, 0.25) is 0 Å². The molecular weight excluding hydrogens is 472 g/mol. The summed E-state index contributed by atoms with van der Waals surface area (Å²) < 4.78 is 27.6. The van der Waals surface area contributed by atoms with Crippen LogP contribution in [-0.2, 0) is 42.9 Å². The zero-order valence-corrected chi connectivity index (χ0v) is 22.9. The van der Waals surface area contributed by atoms with E-state index in [0.717, 1.165) is 0 Å². The molecule has 0 radical (unpaired) electrons. The Hall–Kier alpha value is -2.20. The summed E-state index contributed by atoms with van der Waals surface area (Å²) in [4.78, 5) is 49.5. The Balaban J connectivity index is 3.21. The molecule has 0 aromatic carbocycles. The van der Waals surface area contributed by atoms with Crippen molar-refractivity contribution in [2.24, 2.45) is 23.7 Å². The summed E-state index contributed by atoms with van der Waals surface area (Å²) in [6, 6.07) is 0. The van der Waals surface area contributed by atoms with E-state index in [9.17, 15) is 24.3 Å². The first kappa shape index (κ1) is 31.8. The molecule has 1 aliphatic heterocycles. The van der Waals surface area contributed by atoms with Gasteiger partial charge in [0.2, 0.25) is 6.29 Å². The number of rotatable bonds is 13. The number of hydrogen-bond acceptors (Lipinski definition) is 10. The maximum Gasteiger partial charge on any atom is 0.308 e. The second-order valence-corrected chi connectivity index (χ2v) is 11.0. The van der Waals surface area contributed by atoms with Gasteiger partial charge in [0.15, 0.2) is 12.2 Å². The van der Waals surface area contributed by atoms with Crippen LogP contribution in [-0.4, -0.2) is 66.3 Å². The Bertz CT molecular complexity index is 728. The van der Waals surface area contributed by atoms with Crippen molar-refractivity contribution in [1.82, 2.24) is 0 Å². The van der Waals surface area contributed by atoms with E-state index in [1.165, 1.54) is 0 Å². The number of hydrogen-bond donors (Lipinski definition) is 1. The van der Waals surface area contributed by atoms with Gasteiger partial charge in [-0.25, -0.2) is 0 Å². The van der Waals surface area contributed by atoms with Gasteiger partial charge in [0.05, 0.1) is 0 Å². The normalized spacial score (nSPS) is 24.2. The summed E-state index contributed by atoms with van der Waals surface area (Å²) in [5.74, 6) is -2.31. The van der Waals surface area contributed by atoms with Crippen LogP contribution < -0.4 is 0 Å². The number of aliphatic hydroxyl groups excluding tert-OH is 1. The maximum absolute atomic E-state index is 12.5. The van der Waals surface area contributed by atoms with Crippen LogP contribution in [0.25, 0.3) is 0 Å². The molecule has 5 atom stereocenters. The van der Waals surface area contributed by atoms with Gasteiger partial charge in [0, 0.05) is 25.7 Å². The largest absolute Gasteiger partial charge is 0.463 e. The lowest BCUT2D eigenvalue weighted by Crippen LogP contribution is -2.62. The first-order valence-corrected chi connectivity index (χ1v) is 12.8. The second-order valence-electron chi connectivity index (χ2n) is 11.0. The molecule has 1 aliphatic rings. The van der Waals surface area contributed by atoms with Crippen LogP contribution in [0.4, 0.5) is 0 Å². The summed E-state index contributed by atoms with van der Waals surface area (Å²) in [6.45, 7) is 14.4. The first-order chi connectivity index (χ1) is 16.7. The molecule has 1 saturated heterocycles. The fourth-order valence-electron chi connectivity index (χ4n) is 3.54. The van der Waals surface area contributed by atoms with E-state index in [0.29, 0.717) is 0 Å². The van der Waals surface area contributed by atoms with E-state index in [4.69, 9.17) is 23.7 Å². The number of esters is 4. The lowest BCUT2D eigenvalue weighted by molar-refractivity contribution is -0.299. The van der Waals surface area contributed by atoms with Crippen LogP contribution in [0, 0.1) is 23.7 Å². The van der Waals surface area contributed by atoms with Crippen molar-refractivity contribution < 1.29 is 48.0 Å². The molecule has 0 spiro atoms. The quantitative estimate of drug-likeness (QED) is 0.287. The van der Waals surface area contributed by atoms with Gasteiger partial charge < -0.3 is 28.8 Å². The van der Waals surface area contributed by atoms with Gasteiger partial charge in [-0.15, -0.1) is 0 Å². The van der Waals surface area contributed by atoms with Gasteiger partial charge in [-0.1, -0.05) is 55.4 Å². The van der Waals surface area contributed by atoms with E-state index in [-0.39, 0.29) is 56.0 Å². The Morgan fingerprint density at radius 2 is 1.03 bits per heavy atom. The van der Waals surface area contributed by atoms with Crippen LogP contribution >= 0.6 is 0 Å². The van der Waals surface area contributed by atoms with E-state index in [2.05, 4.69) is 0 Å². The zero-order chi connectivity index (χ0) is 27.6. The molecule has 0 bridgehead atoms. The van der Waals surface area contributed by atoms with E-state index >= 15 is 0 Å². The Kier molecular flexibility index (Phi) is 13.4. The van der Waals surface area contributed by atoms with E-state index in [1.807, 2.05) is 55.4 Å². The lowest BCUT2D eigenvalue weighted by Gasteiger charge is -2.42. The first-order valence-electron chi connectivity index (χ1n) is 12.8. The highest BCUT2D eigenvalue weighted by Crippen LogP contribution is 2.29. The van der Waals surface area contributed by atoms with Crippen LogP contribution in [0.5, 0.6) is 0 Å². The van der Waals surface area contributed by atoms with Gasteiger partial charge in [-0.05, 0) is 23.7 Å². The average molecular weight is 517 g/mol. The predicted octanol–water partition coefficient (Wildman–Crippen LogP) is 3.17. The van der Waals surface area contributed by atoms with Gasteiger partial charge in [-0.2, -0.15) is 0 Å². The molecule has 0 unspecified atom stereocenters. The van der Waals surface area contributed by atoms with Crippen molar-refractivity contribution >= 4 is 23.9 Å². The average Bonchev–Trinajstić information content (AvgIpc) is 2.69. The monoisotopic (exact) mass is 516 g/mol. The molecule has 1 heterocycles. The van der Waals surface area contributed by atoms with Crippen LogP contribution in [0.3, 0.4) is 0 Å². The number of carbonyl (C=O) groups is 4. The third-order valence-electron chi connectivity index (χ3n) is 5.11. The van der Waals surface area contributed by atoms with Crippen molar-refractivity contribution in [1.29, 1.82) is 0 Å². The summed E-state index contributed by atoms with van der Waals surface area (Å²) in [5.41, 5.74) is 0. The van der Waals surface area contributed by atoms with Crippen molar-refractivity contribution in [2.75, 3.05) is 6.61 Å². The molecule has 10 nitrogen and oxygen atoms in total. The molecule has 208 valence electrons. The highest BCUT2D eigenvalue weighted by molar-refractivity contribution is 5.71. The molecular formula is C26H44O10. The summed E-state index contributed by atoms with van der Waals surface area (Å²) in [6.07, 6.45) is -6.60. The topological polar surface area (TPSA) is 135 Å². The number of carbonyl (C=O) groups excluding carboxylic acids is 4. The van der Waals surface area contributed by atoms with Gasteiger partial charge in [0.25, 0.3) is 0 Å². The highest BCUT2D eigenvalue weighted by Gasteiger charge is 2.51. The SMILES string of the molecule is CC(C)CC(=O)OC[C@H]1O[C@@H](OC(=O)CC(C)C)[C@H](OC(=O)CC(C)C)[C@@H](O)[C@@H]1OC(=O)CC(C)C. The van der Waals surface area contributed by atoms with Crippen molar-refractivity contribution in [3.8, 4) is 0 Å². The van der Waals surface area contributed by atoms with Crippen molar-refractivity contribution in [3.63, 3.8) is 0 Å². The third-order valence-corrected chi connectivity index (χ3v) is 5.11. The van der Waals surface area contributed by atoms with Gasteiger partial charge >= 0.3 is 23.9 Å². The minimum absolute atomic E-state index is 0.00845. The summed E-state index contributed by atoms with van der Waals surface area (Å²) in [7, 11) is 0. The van der Waals surface area contributed by atoms with Crippen LogP contribution in [0.15, 0.2) is 0 Å². The molecule has 0 aliphatic carbocycles. The minimum Gasteiger partial charge on any atom is -0.463 e. The van der Waals surface area contributed by atoms with Crippen molar-refractivity contribution in [3.05, 3.63) is 0 Å². The third kappa shape index (κ3) is 11.7. The number of ether oxygens (including phenoxy) is 5.